The van der Waals surface area contributed by atoms with Gasteiger partial charge in [-0.1, -0.05) is 15.9 Å². The molecule has 0 fully saturated rings. The summed E-state index contributed by atoms with van der Waals surface area (Å²) < 4.78 is 37.8. The summed E-state index contributed by atoms with van der Waals surface area (Å²) in [6, 6.07) is 2.05. The molecule has 0 aliphatic rings. The van der Waals surface area contributed by atoms with Crippen molar-refractivity contribution in [2.75, 3.05) is 18.6 Å². The summed E-state index contributed by atoms with van der Waals surface area (Å²) in [5.74, 6) is -2.21. The molecule has 0 spiro atoms. The predicted molar refractivity (Wildman–Crippen MR) is 69.9 cm³/mol. The zero-order valence-electron chi connectivity index (χ0n) is 9.63. The van der Waals surface area contributed by atoms with E-state index >= 15 is 0 Å². The van der Waals surface area contributed by atoms with Gasteiger partial charge in [-0.25, -0.2) is 8.78 Å². The Hall–Kier alpha value is -0.820. The predicted octanol–water partition coefficient (Wildman–Crippen LogP) is 2.23. The van der Waals surface area contributed by atoms with Gasteiger partial charge >= 0.3 is 0 Å². The molecule has 0 saturated heterocycles. The maximum atomic E-state index is 13.4. The van der Waals surface area contributed by atoms with E-state index in [4.69, 9.17) is 0 Å². The summed E-state index contributed by atoms with van der Waals surface area (Å²) in [5, 5.41) is 2.39. The summed E-state index contributed by atoms with van der Waals surface area (Å²) in [5.41, 5.74) is -0.601. The molecule has 18 heavy (non-hydrogen) atoms. The van der Waals surface area contributed by atoms with Gasteiger partial charge in [0.1, 0.15) is 17.2 Å². The van der Waals surface area contributed by atoms with Crippen molar-refractivity contribution in [1.29, 1.82) is 0 Å². The highest BCUT2D eigenvalue weighted by molar-refractivity contribution is 9.10. The molecule has 3 nitrogen and oxygen atoms in total. The minimum Gasteiger partial charge on any atom is -0.352 e. The van der Waals surface area contributed by atoms with Crippen LogP contribution in [0.4, 0.5) is 8.78 Å². The average molecular weight is 340 g/mol. The second-order valence-corrected chi connectivity index (χ2v) is 6.10. The molecule has 0 saturated carbocycles. The van der Waals surface area contributed by atoms with E-state index in [1.54, 1.807) is 6.26 Å². The van der Waals surface area contributed by atoms with Crippen molar-refractivity contribution in [2.24, 2.45) is 0 Å². The average Bonchev–Trinajstić information content (AvgIpc) is 2.22. The Balaban J connectivity index is 2.65. The largest absolute Gasteiger partial charge is 0.352 e. The summed E-state index contributed by atoms with van der Waals surface area (Å²) in [6.07, 6.45) is 2.05. The number of nitrogens with one attached hydrogen (secondary N) is 1. The van der Waals surface area contributed by atoms with E-state index in [0.29, 0.717) is 12.2 Å². The summed E-state index contributed by atoms with van der Waals surface area (Å²) in [6.45, 7) is 0.230. The molecule has 7 heteroatoms. The van der Waals surface area contributed by atoms with E-state index in [1.807, 2.05) is 0 Å². The van der Waals surface area contributed by atoms with Crippen molar-refractivity contribution < 1.29 is 17.8 Å². The monoisotopic (exact) mass is 339 g/mol. The number of carbonyl (C=O) groups excluding carboxylic acids is 1. The molecule has 1 aromatic rings. The van der Waals surface area contributed by atoms with Gasteiger partial charge < -0.3 is 5.32 Å². The molecule has 0 bridgehead atoms. The number of rotatable bonds is 5. The Morgan fingerprint density at radius 2 is 1.94 bits per heavy atom. The highest BCUT2D eigenvalue weighted by Crippen LogP contribution is 2.19. The second kappa shape index (κ2) is 6.94. The molecular formula is C11H12BrF2NO2S. The maximum Gasteiger partial charge on any atom is 0.257 e. The first kappa shape index (κ1) is 15.2. The van der Waals surface area contributed by atoms with Crippen LogP contribution in [0.3, 0.4) is 0 Å². The molecule has 1 N–H and O–H groups in total. The fraction of sp³-hybridized carbons (Fsp3) is 0.364. The van der Waals surface area contributed by atoms with Crippen molar-refractivity contribution in [3.05, 3.63) is 33.8 Å². The lowest BCUT2D eigenvalue weighted by Crippen LogP contribution is -2.27. The molecule has 1 aromatic carbocycles. The molecule has 0 aromatic heterocycles. The van der Waals surface area contributed by atoms with Crippen molar-refractivity contribution in [1.82, 2.24) is 5.32 Å². The van der Waals surface area contributed by atoms with Gasteiger partial charge in [-0.05, 0) is 18.6 Å². The lowest BCUT2D eigenvalue weighted by Gasteiger charge is -2.07. The topological polar surface area (TPSA) is 46.2 Å². The number of benzene rings is 1. The molecule has 1 amide bonds. The lowest BCUT2D eigenvalue weighted by atomic mass is 10.2. The van der Waals surface area contributed by atoms with E-state index < -0.39 is 33.9 Å². The van der Waals surface area contributed by atoms with Gasteiger partial charge in [0, 0.05) is 33.8 Å². The summed E-state index contributed by atoms with van der Waals surface area (Å²) in [7, 11) is -0.942. The van der Waals surface area contributed by atoms with Gasteiger partial charge in [0.05, 0.1) is 0 Å². The molecule has 0 radical (unpaired) electrons. The zero-order valence-corrected chi connectivity index (χ0v) is 12.0. The molecular weight excluding hydrogens is 328 g/mol. The highest BCUT2D eigenvalue weighted by atomic mass is 79.9. The van der Waals surface area contributed by atoms with Gasteiger partial charge in [0.15, 0.2) is 0 Å². The molecule has 1 atom stereocenters. The van der Waals surface area contributed by atoms with Crippen molar-refractivity contribution >= 4 is 32.6 Å². The maximum absolute atomic E-state index is 13.4. The van der Waals surface area contributed by atoms with Crippen LogP contribution < -0.4 is 5.32 Å². The van der Waals surface area contributed by atoms with E-state index in [-0.39, 0.29) is 11.0 Å². The normalized spacial score (nSPS) is 12.2. The Labute approximate surface area is 115 Å². The molecule has 0 aliphatic heterocycles. The number of hydrogen-bond donors (Lipinski definition) is 1. The first-order chi connectivity index (χ1) is 8.41. The van der Waals surface area contributed by atoms with Gasteiger partial charge in [0.25, 0.3) is 5.91 Å². The number of hydrogen-bond acceptors (Lipinski definition) is 2. The van der Waals surface area contributed by atoms with Crippen LogP contribution in [0.15, 0.2) is 16.6 Å². The second-order valence-electron chi connectivity index (χ2n) is 3.63. The van der Waals surface area contributed by atoms with E-state index in [9.17, 15) is 17.8 Å². The Morgan fingerprint density at radius 3 is 2.44 bits per heavy atom. The highest BCUT2D eigenvalue weighted by Gasteiger charge is 2.17. The van der Waals surface area contributed by atoms with Crippen molar-refractivity contribution in [2.45, 2.75) is 6.42 Å². The molecule has 1 rings (SSSR count). The zero-order chi connectivity index (χ0) is 13.7. The Kier molecular flexibility index (Phi) is 5.87. The van der Waals surface area contributed by atoms with Crippen LogP contribution in [-0.4, -0.2) is 28.7 Å². The van der Waals surface area contributed by atoms with Crippen molar-refractivity contribution in [3.8, 4) is 0 Å². The standard InChI is InChI=1S/C11H12BrF2NO2S/c1-18(17)4-2-3-15-11(16)10-8(13)5-7(12)6-9(10)14/h5-6H,2-4H2,1H3,(H,15,16)/t18-/m0/s1. The van der Waals surface area contributed by atoms with Crippen LogP contribution in [-0.2, 0) is 10.8 Å². The number of amides is 1. The van der Waals surface area contributed by atoms with Crippen LogP contribution in [0.2, 0.25) is 0 Å². The molecule has 100 valence electrons. The van der Waals surface area contributed by atoms with E-state index in [0.717, 1.165) is 12.1 Å². The smallest absolute Gasteiger partial charge is 0.257 e. The van der Waals surface area contributed by atoms with Gasteiger partial charge in [-0.3, -0.25) is 9.00 Å². The number of halogens is 3. The van der Waals surface area contributed by atoms with Crippen LogP contribution in [0, 0.1) is 11.6 Å². The minimum absolute atomic E-state index is 0.230. The Bertz CT molecular complexity index is 459. The van der Waals surface area contributed by atoms with Gasteiger partial charge in [-0.2, -0.15) is 0 Å². The Morgan fingerprint density at radius 1 is 1.39 bits per heavy atom. The molecule has 0 aliphatic carbocycles. The van der Waals surface area contributed by atoms with Crippen LogP contribution in [0.5, 0.6) is 0 Å². The van der Waals surface area contributed by atoms with Crippen LogP contribution >= 0.6 is 15.9 Å². The lowest BCUT2D eigenvalue weighted by molar-refractivity contribution is 0.0945. The number of carbonyl (C=O) groups is 1. The third kappa shape index (κ3) is 4.45. The first-order valence-corrected chi connectivity index (χ1v) is 7.66. The first-order valence-electron chi connectivity index (χ1n) is 5.14. The minimum atomic E-state index is -0.942. The summed E-state index contributed by atoms with van der Waals surface area (Å²) in [4.78, 5) is 11.6. The molecule has 0 unspecified atom stereocenters. The SMILES string of the molecule is C[S@](=O)CCCNC(=O)c1c(F)cc(Br)cc1F. The van der Waals surface area contributed by atoms with E-state index in [2.05, 4.69) is 21.2 Å². The third-order valence-electron chi connectivity index (χ3n) is 2.13. The molecule has 0 heterocycles. The van der Waals surface area contributed by atoms with Crippen LogP contribution in [0.25, 0.3) is 0 Å². The van der Waals surface area contributed by atoms with Crippen LogP contribution in [0.1, 0.15) is 16.8 Å². The third-order valence-corrected chi connectivity index (χ3v) is 3.45. The quantitative estimate of drug-likeness (QED) is 0.836. The fourth-order valence-electron chi connectivity index (χ4n) is 1.32. The van der Waals surface area contributed by atoms with Crippen molar-refractivity contribution in [3.63, 3.8) is 0 Å². The van der Waals surface area contributed by atoms with Gasteiger partial charge in [0.2, 0.25) is 0 Å². The fourth-order valence-corrected chi connectivity index (χ4v) is 2.28. The summed E-state index contributed by atoms with van der Waals surface area (Å²) >= 11 is 2.93. The van der Waals surface area contributed by atoms with E-state index in [1.165, 1.54) is 0 Å². The van der Waals surface area contributed by atoms with Gasteiger partial charge in [-0.15, -0.1) is 0 Å².